The quantitative estimate of drug-likeness (QED) is 0.806. The SMILES string of the molecule is CNCCC=Cc1cccc(S(=O)(=O)C(C)C)c1. The van der Waals surface area contributed by atoms with Crippen LogP contribution in [0.1, 0.15) is 25.8 Å². The van der Waals surface area contributed by atoms with Crippen molar-refractivity contribution in [3.05, 3.63) is 35.9 Å². The summed E-state index contributed by atoms with van der Waals surface area (Å²) in [5.41, 5.74) is 0.924. The molecule has 0 spiro atoms. The van der Waals surface area contributed by atoms with E-state index in [0.29, 0.717) is 4.90 Å². The average molecular weight is 267 g/mol. The minimum atomic E-state index is -3.18. The molecule has 1 aromatic rings. The van der Waals surface area contributed by atoms with Crippen molar-refractivity contribution in [1.29, 1.82) is 0 Å². The zero-order valence-electron chi connectivity index (χ0n) is 11.2. The molecular weight excluding hydrogens is 246 g/mol. The Bertz CT molecular complexity index is 504. The van der Waals surface area contributed by atoms with E-state index < -0.39 is 9.84 Å². The van der Waals surface area contributed by atoms with Gasteiger partial charge in [0.25, 0.3) is 0 Å². The van der Waals surface area contributed by atoms with Gasteiger partial charge in [-0.2, -0.15) is 0 Å². The highest BCUT2D eigenvalue weighted by Crippen LogP contribution is 2.17. The lowest BCUT2D eigenvalue weighted by Crippen LogP contribution is -2.13. The Morgan fingerprint density at radius 1 is 1.33 bits per heavy atom. The van der Waals surface area contributed by atoms with Crippen molar-refractivity contribution in [2.75, 3.05) is 13.6 Å². The standard InChI is InChI=1S/C14H21NO2S/c1-12(2)18(16,17)14-9-6-8-13(11-14)7-4-5-10-15-3/h4,6-9,11-12,15H,5,10H2,1-3H3. The number of sulfone groups is 1. The van der Waals surface area contributed by atoms with Crippen molar-refractivity contribution >= 4 is 15.9 Å². The minimum Gasteiger partial charge on any atom is -0.319 e. The van der Waals surface area contributed by atoms with Crippen molar-refractivity contribution in [3.8, 4) is 0 Å². The lowest BCUT2D eigenvalue weighted by molar-refractivity contribution is 0.587. The van der Waals surface area contributed by atoms with Gasteiger partial charge in [0.1, 0.15) is 0 Å². The van der Waals surface area contributed by atoms with E-state index in [2.05, 4.69) is 5.32 Å². The third-order valence-electron chi connectivity index (χ3n) is 2.68. The van der Waals surface area contributed by atoms with E-state index in [1.807, 2.05) is 25.3 Å². The van der Waals surface area contributed by atoms with Crippen molar-refractivity contribution < 1.29 is 8.42 Å². The monoisotopic (exact) mass is 267 g/mol. The molecule has 18 heavy (non-hydrogen) atoms. The predicted molar refractivity (Wildman–Crippen MR) is 76.3 cm³/mol. The Labute approximate surface area is 110 Å². The van der Waals surface area contributed by atoms with Crippen LogP contribution in [0.3, 0.4) is 0 Å². The molecule has 0 saturated heterocycles. The summed E-state index contributed by atoms with van der Waals surface area (Å²) in [6, 6.07) is 7.08. The van der Waals surface area contributed by atoms with Crippen molar-refractivity contribution in [1.82, 2.24) is 5.32 Å². The molecule has 1 aromatic carbocycles. The Morgan fingerprint density at radius 2 is 2.06 bits per heavy atom. The van der Waals surface area contributed by atoms with Crippen LogP contribution in [0.25, 0.3) is 6.08 Å². The summed E-state index contributed by atoms with van der Waals surface area (Å²) in [7, 11) is -1.27. The molecule has 0 aliphatic heterocycles. The Kier molecular flexibility index (Phi) is 5.56. The van der Waals surface area contributed by atoms with Gasteiger partial charge in [-0.1, -0.05) is 24.3 Å². The molecule has 0 radical (unpaired) electrons. The van der Waals surface area contributed by atoms with Crippen LogP contribution in [-0.2, 0) is 9.84 Å². The van der Waals surface area contributed by atoms with Crippen molar-refractivity contribution in [3.63, 3.8) is 0 Å². The van der Waals surface area contributed by atoms with E-state index in [1.165, 1.54) is 0 Å². The first-order valence-corrected chi connectivity index (χ1v) is 7.68. The van der Waals surface area contributed by atoms with Gasteiger partial charge in [0.2, 0.25) is 0 Å². The molecule has 0 atom stereocenters. The summed E-state index contributed by atoms with van der Waals surface area (Å²) in [4.78, 5) is 0.397. The normalized spacial score (nSPS) is 12.4. The highest BCUT2D eigenvalue weighted by molar-refractivity contribution is 7.92. The molecule has 1 N–H and O–H groups in total. The fourth-order valence-corrected chi connectivity index (χ4v) is 2.63. The third kappa shape index (κ3) is 3.96. The van der Waals surface area contributed by atoms with E-state index in [0.717, 1.165) is 18.5 Å². The van der Waals surface area contributed by atoms with Gasteiger partial charge in [-0.25, -0.2) is 8.42 Å². The first kappa shape index (κ1) is 14.9. The third-order valence-corrected chi connectivity index (χ3v) is 4.83. The molecule has 0 bridgehead atoms. The van der Waals surface area contributed by atoms with Gasteiger partial charge in [-0.3, -0.25) is 0 Å². The molecule has 0 aliphatic carbocycles. The lowest BCUT2D eigenvalue weighted by Gasteiger charge is -2.08. The van der Waals surface area contributed by atoms with E-state index in [4.69, 9.17) is 0 Å². The number of benzene rings is 1. The largest absolute Gasteiger partial charge is 0.319 e. The molecule has 3 nitrogen and oxygen atoms in total. The van der Waals surface area contributed by atoms with Gasteiger partial charge in [-0.05, 0) is 51.6 Å². The topological polar surface area (TPSA) is 46.2 Å². The maximum absolute atomic E-state index is 12.0. The highest BCUT2D eigenvalue weighted by Gasteiger charge is 2.18. The lowest BCUT2D eigenvalue weighted by atomic mass is 10.2. The second kappa shape index (κ2) is 6.71. The molecule has 1 rings (SSSR count). The fourth-order valence-electron chi connectivity index (χ4n) is 1.51. The van der Waals surface area contributed by atoms with Gasteiger partial charge in [0, 0.05) is 0 Å². The maximum Gasteiger partial charge on any atom is 0.180 e. The molecular formula is C14H21NO2S. The molecule has 4 heteroatoms. The van der Waals surface area contributed by atoms with Crippen LogP contribution in [-0.4, -0.2) is 27.3 Å². The number of hydrogen-bond acceptors (Lipinski definition) is 3. The van der Waals surface area contributed by atoms with Crippen LogP contribution in [0.5, 0.6) is 0 Å². The zero-order chi connectivity index (χ0) is 13.6. The summed E-state index contributed by atoms with van der Waals surface area (Å²) in [6.07, 6.45) is 4.92. The Balaban J connectivity index is 2.90. The van der Waals surface area contributed by atoms with Crippen LogP contribution in [0, 0.1) is 0 Å². The number of nitrogens with one attached hydrogen (secondary N) is 1. The summed E-state index contributed by atoms with van der Waals surface area (Å²) in [6.45, 7) is 4.32. The molecule has 0 saturated carbocycles. The van der Waals surface area contributed by atoms with E-state index in [9.17, 15) is 8.42 Å². The number of rotatable bonds is 6. The van der Waals surface area contributed by atoms with Crippen LogP contribution in [0.15, 0.2) is 35.2 Å². The van der Waals surface area contributed by atoms with Crippen LogP contribution < -0.4 is 5.32 Å². The second-order valence-corrected chi connectivity index (χ2v) is 6.97. The molecule has 0 aliphatic rings. The second-order valence-electron chi connectivity index (χ2n) is 4.46. The fraction of sp³-hybridized carbons (Fsp3) is 0.429. The zero-order valence-corrected chi connectivity index (χ0v) is 12.0. The van der Waals surface area contributed by atoms with Crippen molar-refractivity contribution in [2.24, 2.45) is 0 Å². The highest BCUT2D eigenvalue weighted by atomic mass is 32.2. The maximum atomic E-state index is 12.0. The predicted octanol–water partition coefficient (Wildman–Crippen LogP) is 2.49. The molecule has 0 fully saturated rings. The van der Waals surface area contributed by atoms with E-state index >= 15 is 0 Å². The summed E-state index contributed by atoms with van der Waals surface area (Å²) < 4.78 is 24.1. The smallest absolute Gasteiger partial charge is 0.180 e. The Morgan fingerprint density at radius 3 is 2.67 bits per heavy atom. The molecule has 0 heterocycles. The van der Waals surface area contributed by atoms with Crippen molar-refractivity contribution in [2.45, 2.75) is 30.4 Å². The number of hydrogen-bond donors (Lipinski definition) is 1. The first-order chi connectivity index (χ1) is 8.48. The Hall–Kier alpha value is -1.13. The van der Waals surface area contributed by atoms with Gasteiger partial charge in [-0.15, -0.1) is 0 Å². The summed E-state index contributed by atoms with van der Waals surface area (Å²) in [5.74, 6) is 0. The van der Waals surface area contributed by atoms with Gasteiger partial charge >= 0.3 is 0 Å². The summed E-state index contributed by atoms with van der Waals surface area (Å²) >= 11 is 0. The molecule has 0 aromatic heterocycles. The molecule has 0 unspecified atom stereocenters. The van der Waals surface area contributed by atoms with Crippen LogP contribution >= 0.6 is 0 Å². The van der Waals surface area contributed by atoms with Gasteiger partial charge < -0.3 is 5.32 Å². The molecule has 100 valence electrons. The van der Waals surface area contributed by atoms with Gasteiger partial charge in [0.05, 0.1) is 10.1 Å². The van der Waals surface area contributed by atoms with Crippen LogP contribution in [0.4, 0.5) is 0 Å². The van der Waals surface area contributed by atoms with Crippen LogP contribution in [0.2, 0.25) is 0 Å². The average Bonchev–Trinajstić information content (AvgIpc) is 2.35. The first-order valence-electron chi connectivity index (χ1n) is 6.13. The molecule has 0 amide bonds. The summed E-state index contributed by atoms with van der Waals surface area (Å²) in [5, 5.41) is 2.67. The minimum absolute atomic E-state index is 0.388. The van der Waals surface area contributed by atoms with Gasteiger partial charge in [0.15, 0.2) is 9.84 Å². The van der Waals surface area contributed by atoms with E-state index in [-0.39, 0.29) is 5.25 Å². The van der Waals surface area contributed by atoms with E-state index in [1.54, 1.807) is 32.0 Å².